The first-order valence-corrected chi connectivity index (χ1v) is 6.20. The predicted octanol–water partition coefficient (Wildman–Crippen LogP) is 0.841. The fourth-order valence-corrected chi connectivity index (χ4v) is 1.95. The smallest absolute Gasteiger partial charge is 0.338 e. The molecule has 1 atom stereocenters. The zero-order valence-electron chi connectivity index (χ0n) is 10.7. The SMILES string of the molecule is O=C(CC1COCCN1)Nc1ccc(F)c(C(=O)O)c1. The molecule has 7 heteroatoms. The second-order valence-electron chi connectivity index (χ2n) is 4.48. The molecule has 1 unspecified atom stereocenters. The Balaban J connectivity index is 1.96. The molecule has 1 fully saturated rings. The van der Waals surface area contributed by atoms with Gasteiger partial charge in [-0.1, -0.05) is 0 Å². The summed E-state index contributed by atoms with van der Waals surface area (Å²) < 4.78 is 18.4. The summed E-state index contributed by atoms with van der Waals surface area (Å²) in [5, 5.41) is 14.5. The Hall–Kier alpha value is -1.99. The van der Waals surface area contributed by atoms with Crippen LogP contribution in [0, 0.1) is 5.82 Å². The number of anilines is 1. The van der Waals surface area contributed by atoms with Gasteiger partial charge in [0, 0.05) is 24.7 Å². The second kappa shape index (κ2) is 6.44. The van der Waals surface area contributed by atoms with E-state index in [4.69, 9.17) is 9.84 Å². The number of carboxylic acids is 1. The van der Waals surface area contributed by atoms with E-state index in [2.05, 4.69) is 10.6 Å². The zero-order chi connectivity index (χ0) is 14.5. The highest BCUT2D eigenvalue weighted by Gasteiger charge is 2.17. The molecular weight excluding hydrogens is 267 g/mol. The number of hydrogen-bond donors (Lipinski definition) is 3. The number of benzene rings is 1. The number of nitrogens with one attached hydrogen (secondary N) is 2. The van der Waals surface area contributed by atoms with Crippen LogP contribution in [0.25, 0.3) is 0 Å². The van der Waals surface area contributed by atoms with Gasteiger partial charge in [0.2, 0.25) is 5.91 Å². The lowest BCUT2D eigenvalue weighted by Gasteiger charge is -2.23. The third kappa shape index (κ3) is 3.75. The Morgan fingerprint density at radius 3 is 2.95 bits per heavy atom. The van der Waals surface area contributed by atoms with Crippen LogP contribution in [0.5, 0.6) is 0 Å². The molecule has 108 valence electrons. The van der Waals surface area contributed by atoms with Gasteiger partial charge >= 0.3 is 5.97 Å². The van der Waals surface area contributed by atoms with Crippen molar-refractivity contribution in [3.63, 3.8) is 0 Å². The number of hydrogen-bond acceptors (Lipinski definition) is 4. The van der Waals surface area contributed by atoms with Crippen molar-refractivity contribution in [3.8, 4) is 0 Å². The highest BCUT2D eigenvalue weighted by Crippen LogP contribution is 2.15. The van der Waals surface area contributed by atoms with E-state index in [1.807, 2.05) is 0 Å². The van der Waals surface area contributed by atoms with E-state index in [9.17, 15) is 14.0 Å². The molecule has 2 rings (SSSR count). The minimum absolute atomic E-state index is 0.0665. The predicted molar refractivity (Wildman–Crippen MR) is 69.2 cm³/mol. The van der Waals surface area contributed by atoms with Crippen molar-refractivity contribution in [3.05, 3.63) is 29.6 Å². The van der Waals surface area contributed by atoms with E-state index >= 15 is 0 Å². The van der Waals surface area contributed by atoms with Gasteiger partial charge in [-0.15, -0.1) is 0 Å². The van der Waals surface area contributed by atoms with Crippen LogP contribution in [0.4, 0.5) is 10.1 Å². The summed E-state index contributed by atoms with van der Waals surface area (Å²) in [6.45, 7) is 1.77. The number of amides is 1. The fourth-order valence-electron chi connectivity index (χ4n) is 1.95. The largest absolute Gasteiger partial charge is 0.478 e. The summed E-state index contributed by atoms with van der Waals surface area (Å²) in [6, 6.07) is 3.37. The zero-order valence-corrected chi connectivity index (χ0v) is 10.7. The molecule has 0 aliphatic carbocycles. The number of halogens is 1. The molecule has 3 N–H and O–H groups in total. The molecule has 6 nitrogen and oxygen atoms in total. The number of ether oxygens (including phenoxy) is 1. The van der Waals surface area contributed by atoms with E-state index in [0.717, 1.165) is 12.1 Å². The number of aromatic carboxylic acids is 1. The monoisotopic (exact) mass is 282 g/mol. The maximum atomic E-state index is 13.2. The molecule has 1 heterocycles. The third-order valence-corrected chi connectivity index (χ3v) is 2.91. The van der Waals surface area contributed by atoms with Crippen molar-refractivity contribution in [2.75, 3.05) is 25.1 Å². The lowest BCUT2D eigenvalue weighted by molar-refractivity contribution is -0.117. The Kier molecular flexibility index (Phi) is 4.65. The van der Waals surface area contributed by atoms with Crippen LogP contribution < -0.4 is 10.6 Å². The highest BCUT2D eigenvalue weighted by atomic mass is 19.1. The number of carbonyl (C=O) groups is 2. The summed E-state index contributed by atoms with van der Waals surface area (Å²) in [5.41, 5.74) is -0.215. The summed E-state index contributed by atoms with van der Waals surface area (Å²) in [5.74, 6) is -2.49. The van der Waals surface area contributed by atoms with E-state index in [0.29, 0.717) is 19.8 Å². The van der Waals surface area contributed by atoms with Gasteiger partial charge in [-0.25, -0.2) is 9.18 Å². The summed E-state index contributed by atoms with van der Waals surface area (Å²) >= 11 is 0. The van der Waals surface area contributed by atoms with Crippen LogP contribution in [0.2, 0.25) is 0 Å². The van der Waals surface area contributed by atoms with Crippen molar-refractivity contribution in [2.24, 2.45) is 0 Å². The molecule has 1 amide bonds. The lowest BCUT2D eigenvalue weighted by atomic mass is 10.1. The molecule has 1 saturated heterocycles. The van der Waals surface area contributed by atoms with Crippen molar-refractivity contribution in [1.29, 1.82) is 0 Å². The standard InChI is InChI=1S/C13H15FN2O4/c14-11-2-1-8(5-10(11)13(18)19)16-12(17)6-9-7-20-4-3-15-9/h1-2,5,9,15H,3-4,6-7H2,(H,16,17)(H,18,19). The first kappa shape index (κ1) is 14.4. The van der Waals surface area contributed by atoms with Crippen molar-refractivity contribution in [2.45, 2.75) is 12.5 Å². The molecule has 1 aromatic carbocycles. The second-order valence-corrected chi connectivity index (χ2v) is 4.48. The molecule has 1 aromatic rings. The number of carbonyl (C=O) groups excluding carboxylic acids is 1. The number of carboxylic acid groups (broad SMARTS) is 1. The minimum atomic E-state index is -1.37. The van der Waals surface area contributed by atoms with Gasteiger partial charge in [0.05, 0.1) is 18.8 Å². The number of morpholine rings is 1. The van der Waals surface area contributed by atoms with Gasteiger partial charge < -0.3 is 20.5 Å². The van der Waals surface area contributed by atoms with Gasteiger partial charge in [-0.2, -0.15) is 0 Å². The molecule has 0 spiro atoms. The van der Waals surface area contributed by atoms with E-state index in [1.165, 1.54) is 6.07 Å². The van der Waals surface area contributed by atoms with Crippen molar-refractivity contribution < 1.29 is 23.8 Å². The lowest BCUT2D eigenvalue weighted by Crippen LogP contribution is -2.43. The number of rotatable bonds is 4. The Labute approximate surface area is 114 Å². The Bertz CT molecular complexity index is 515. The average molecular weight is 282 g/mol. The van der Waals surface area contributed by atoms with E-state index in [-0.39, 0.29) is 24.1 Å². The van der Waals surface area contributed by atoms with Crippen LogP contribution in [-0.2, 0) is 9.53 Å². The van der Waals surface area contributed by atoms with Crippen molar-refractivity contribution >= 4 is 17.6 Å². The fraction of sp³-hybridized carbons (Fsp3) is 0.385. The van der Waals surface area contributed by atoms with Gasteiger partial charge in [0.1, 0.15) is 5.82 Å². The van der Waals surface area contributed by atoms with Crippen LogP contribution in [0.1, 0.15) is 16.8 Å². The van der Waals surface area contributed by atoms with Gasteiger partial charge in [-0.05, 0) is 18.2 Å². The maximum Gasteiger partial charge on any atom is 0.338 e. The third-order valence-electron chi connectivity index (χ3n) is 2.91. The first-order chi connectivity index (χ1) is 9.56. The Morgan fingerprint density at radius 1 is 1.50 bits per heavy atom. The molecule has 0 bridgehead atoms. The molecular formula is C13H15FN2O4. The van der Waals surface area contributed by atoms with E-state index in [1.54, 1.807) is 0 Å². The Morgan fingerprint density at radius 2 is 2.30 bits per heavy atom. The average Bonchev–Trinajstić information content (AvgIpc) is 2.41. The van der Waals surface area contributed by atoms with Gasteiger partial charge in [0.25, 0.3) is 0 Å². The van der Waals surface area contributed by atoms with E-state index < -0.39 is 17.3 Å². The minimum Gasteiger partial charge on any atom is -0.478 e. The first-order valence-electron chi connectivity index (χ1n) is 6.20. The summed E-state index contributed by atoms with van der Waals surface area (Å²) in [7, 11) is 0. The molecule has 20 heavy (non-hydrogen) atoms. The maximum absolute atomic E-state index is 13.2. The molecule has 0 aromatic heterocycles. The summed E-state index contributed by atoms with van der Waals surface area (Å²) in [4.78, 5) is 22.6. The van der Waals surface area contributed by atoms with Crippen LogP contribution in [0.3, 0.4) is 0 Å². The van der Waals surface area contributed by atoms with Gasteiger partial charge in [0.15, 0.2) is 0 Å². The van der Waals surface area contributed by atoms with Crippen molar-refractivity contribution in [1.82, 2.24) is 5.32 Å². The quantitative estimate of drug-likeness (QED) is 0.761. The van der Waals surface area contributed by atoms with Gasteiger partial charge in [-0.3, -0.25) is 4.79 Å². The van der Waals surface area contributed by atoms with Crippen LogP contribution in [0.15, 0.2) is 18.2 Å². The highest BCUT2D eigenvalue weighted by molar-refractivity contribution is 5.94. The normalized spacial score (nSPS) is 18.6. The molecule has 0 saturated carbocycles. The molecule has 1 aliphatic heterocycles. The molecule has 1 aliphatic rings. The topological polar surface area (TPSA) is 87.7 Å². The summed E-state index contributed by atoms with van der Waals surface area (Å²) in [6.07, 6.45) is 0.208. The van der Waals surface area contributed by atoms with Crippen LogP contribution in [-0.4, -0.2) is 42.8 Å². The van der Waals surface area contributed by atoms with Crippen LogP contribution >= 0.6 is 0 Å². The molecule has 0 radical (unpaired) electrons.